The average molecular weight is 318 g/mol. The molecule has 0 atom stereocenters. The van der Waals surface area contributed by atoms with E-state index in [0.717, 1.165) is 34.8 Å². The molecule has 0 radical (unpaired) electrons. The van der Waals surface area contributed by atoms with E-state index in [9.17, 15) is 0 Å². The Kier molecular flexibility index (Phi) is 3.78. The van der Waals surface area contributed by atoms with E-state index >= 15 is 0 Å². The number of nitrogens with zero attached hydrogens (tertiary/aromatic N) is 3. The van der Waals surface area contributed by atoms with Gasteiger partial charge in [0.1, 0.15) is 5.82 Å². The fourth-order valence-corrected chi connectivity index (χ4v) is 2.85. The molecule has 1 aromatic heterocycles. The Morgan fingerprint density at radius 2 is 1.74 bits per heavy atom. The summed E-state index contributed by atoms with van der Waals surface area (Å²) in [7, 11) is 0. The quantitative estimate of drug-likeness (QED) is 0.841. The maximum absolute atomic E-state index is 4.73. The molecule has 0 amide bonds. The van der Waals surface area contributed by atoms with Crippen LogP contribution in [-0.2, 0) is 0 Å². The third kappa shape index (κ3) is 2.78. The molecule has 4 heteroatoms. The van der Waals surface area contributed by atoms with Crippen LogP contribution in [-0.4, -0.2) is 23.1 Å². The van der Waals surface area contributed by atoms with Gasteiger partial charge in [-0.15, -0.1) is 0 Å². The Morgan fingerprint density at radius 1 is 1.00 bits per heavy atom. The lowest BCUT2D eigenvalue weighted by molar-refractivity contribution is 0.572. The van der Waals surface area contributed by atoms with Crippen molar-refractivity contribution in [1.29, 1.82) is 0 Å². The fraction of sp³-hybridized carbons (Fsp3) is 0.333. The van der Waals surface area contributed by atoms with E-state index < -0.39 is 0 Å². The van der Waals surface area contributed by atoms with Crippen molar-refractivity contribution in [2.24, 2.45) is 0 Å². The summed E-state index contributed by atoms with van der Waals surface area (Å²) < 4.78 is 0.981. The van der Waals surface area contributed by atoms with Crippen molar-refractivity contribution in [3.63, 3.8) is 0 Å². The minimum Gasteiger partial charge on any atom is -0.356 e. The van der Waals surface area contributed by atoms with Gasteiger partial charge in [0.2, 0.25) is 0 Å². The third-order valence-electron chi connectivity index (χ3n) is 3.41. The SMILES string of the molecule is Brc1cnc(-c2ccccc2)nc1N1CCCCC1. The van der Waals surface area contributed by atoms with Crippen LogP contribution in [0.25, 0.3) is 11.4 Å². The highest BCUT2D eigenvalue weighted by Crippen LogP contribution is 2.28. The summed E-state index contributed by atoms with van der Waals surface area (Å²) in [6.07, 6.45) is 5.68. The van der Waals surface area contributed by atoms with Gasteiger partial charge in [-0.05, 0) is 35.2 Å². The lowest BCUT2D eigenvalue weighted by Gasteiger charge is -2.28. The topological polar surface area (TPSA) is 29.0 Å². The fourth-order valence-electron chi connectivity index (χ4n) is 2.41. The van der Waals surface area contributed by atoms with Crippen molar-refractivity contribution in [3.05, 3.63) is 41.0 Å². The molecule has 1 aliphatic rings. The van der Waals surface area contributed by atoms with E-state index in [4.69, 9.17) is 4.98 Å². The molecule has 1 fully saturated rings. The molecule has 0 saturated carbocycles. The van der Waals surface area contributed by atoms with Crippen molar-refractivity contribution in [3.8, 4) is 11.4 Å². The molecule has 1 aromatic carbocycles. The third-order valence-corrected chi connectivity index (χ3v) is 3.97. The van der Waals surface area contributed by atoms with Crippen LogP contribution in [0.1, 0.15) is 19.3 Å². The maximum Gasteiger partial charge on any atom is 0.161 e. The molecule has 1 saturated heterocycles. The van der Waals surface area contributed by atoms with Gasteiger partial charge in [0, 0.05) is 24.8 Å². The predicted molar refractivity (Wildman–Crippen MR) is 81.2 cm³/mol. The van der Waals surface area contributed by atoms with Gasteiger partial charge in [0.15, 0.2) is 5.82 Å². The van der Waals surface area contributed by atoms with E-state index in [1.807, 2.05) is 36.5 Å². The highest BCUT2D eigenvalue weighted by Gasteiger charge is 2.16. The summed E-state index contributed by atoms with van der Waals surface area (Å²) in [5.41, 5.74) is 1.06. The highest BCUT2D eigenvalue weighted by molar-refractivity contribution is 9.10. The molecule has 2 heterocycles. The second-order valence-corrected chi connectivity index (χ2v) is 5.63. The number of anilines is 1. The van der Waals surface area contributed by atoms with Crippen molar-refractivity contribution in [2.75, 3.05) is 18.0 Å². The van der Waals surface area contributed by atoms with Crippen LogP contribution in [0.5, 0.6) is 0 Å². The van der Waals surface area contributed by atoms with Crippen LogP contribution >= 0.6 is 15.9 Å². The first kappa shape index (κ1) is 12.6. The van der Waals surface area contributed by atoms with Crippen LogP contribution in [0.3, 0.4) is 0 Å². The van der Waals surface area contributed by atoms with Crippen molar-refractivity contribution < 1.29 is 0 Å². The first-order chi connectivity index (χ1) is 9.34. The van der Waals surface area contributed by atoms with Crippen LogP contribution in [0.15, 0.2) is 41.0 Å². The van der Waals surface area contributed by atoms with E-state index in [2.05, 4.69) is 25.8 Å². The summed E-state index contributed by atoms with van der Waals surface area (Å²) in [6.45, 7) is 2.17. The number of hydrogen-bond acceptors (Lipinski definition) is 3. The zero-order chi connectivity index (χ0) is 13.1. The van der Waals surface area contributed by atoms with Crippen LogP contribution in [0.4, 0.5) is 5.82 Å². The first-order valence-corrected chi connectivity index (χ1v) is 7.47. The number of hydrogen-bond donors (Lipinski definition) is 0. The van der Waals surface area contributed by atoms with E-state index in [0.29, 0.717) is 0 Å². The molecule has 0 bridgehead atoms. The Balaban J connectivity index is 1.96. The normalized spacial score (nSPS) is 15.5. The van der Waals surface area contributed by atoms with Gasteiger partial charge in [-0.1, -0.05) is 30.3 Å². The smallest absolute Gasteiger partial charge is 0.161 e. The Hall–Kier alpha value is -1.42. The van der Waals surface area contributed by atoms with Crippen LogP contribution in [0.2, 0.25) is 0 Å². The molecule has 0 aliphatic carbocycles. The van der Waals surface area contributed by atoms with Gasteiger partial charge in [-0.3, -0.25) is 0 Å². The standard InChI is InChI=1S/C15H16BrN3/c16-13-11-17-14(12-7-3-1-4-8-12)18-15(13)19-9-5-2-6-10-19/h1,3-4,7-8,11H,2,5-6,9-10H2. The van der Waals surface area contributed by atoms with Crippen molar-refractivity contribution in [2.45, 2.75) is 19.3 Å². The van der Waals surface area contributed by atoms with Crippen molar-refractivity contribution >= 4 is 21.7 Å². The Labute approximate surface area is 121 Å². The molecule has 3 rings (SSSR count). The minimum atomic E-state index is 0.796. The summed E-state index contributed by atoms with van der Waals surface area (Å²) in [5.74, 6) is 1.82. The van der Waals surface area contributed by atoms with Crippen LogP contribution in [0, 0.1) is 0 Å². The first-order valence-electron chi connectivity index (χ1n) is 6.67. The Morgan fingerprint density at radius 3 is 2.47 bits per heavy atom. The molecule has 0 spiro atoms. The molecule has 1 aliphatic heterocycles. The largest absolute Gasteiger partial charge is 0.356 e. The summed E-state index contributed by atoms with van der Waals surface area (Å²) in [6, 6.07) is 10.1. The monoisotopic (exact) mass is 317 g/mol. The van der Waals surface area contributed by atoms with Crippen LogP contribution < -0.4 is 4.90 Å². The molecule has 98 valence electrons. The maximum atomic E-state index is 4.73. The number of aromatic nitrogens is 2. The molecule has 3 nitrogen and oxygen atoms in total. The number of halogens is 1. The van der Waals surface area contributed by atoms with E-state index in [1.54, 1.807) is 0 Å². The molecule has 19 heavy (non-hydrogen) atoms. The zero-order valence-electron chi connectivity index (χ0n) is 10.7. The van der Waals surface area contributed by atoms with Gasteiger partial charge in [-0.25, -0.2) is 9.97 Å². The lowest BCUT2D eigenvalue weighted by Crippen LogP contribution is -2.30. The van der Waals surface area contributed by atoms with E-state index in [1.165, 1.54) is 19.3 Å². The molecular weight excluding hydrogens is 302 g/mol. The number of piperidine rings is 1. The second kappa shape index (κ2) is 5.70. The summed E-state index contributed by atoms with van der Waals surface area (Å²) in [4.78, 5) is 11.5. The lowest BCUT2D eigenvalue weighted by atomic mass is 10.1. The average Bonchev–Trinajstić information content (AvgIpc) is 2.49. The van der Waals surface area contributed by atoms with Gasteiger partial charge >= 0.3 is 0 Å². The molecule has 2 aromatic rings. The van der Waals surface area contributed by atoms with Gasteiger partial charge in [-0.2, -0.15) is 0 Å². The minimum absolute atomic E-state index is 0.796. The second-order valence-electron chi connectivity index (χ2n) is 4.78. The predicted octanol–water partition coefficient (Wildman–Crippen LogP) is 3.90. The van der Waals surface area contributed by atoms with Crippen molar-refractivity contribution in [1.82, 2.24) is 9.97 Å². The summed E-state index contributed by atoms with van der Waals surface area (Å²) >= 11 is 3.57. The molecule has 0 N–H and O–H groups in total. The van der Waals surface area contributed by atoms with E-state index in [-0.39, 0.29) is 0 Å². The Bertz CT molecular complexity index is 551. The van der Waals surface area contributed by atoms with Gasteiger partial charge in [0.05, 0.1) is 4.47 Å². The number of rotatable bonds is 2. The van der Waals surface area contributed by atoms with Gasteiger partial charge < -0.3 is 4.90 Å². The van der Waals surface area contributed by atoms with Gasteiger partial charge in [0.25, 0.3) is 0 Å². The molecular formula is C15H16BrN3. The number of benzene rings is 1. The summed E-state index contributed by atoms with van der Waals surface area (Å²) in [5, 5.41) is 0. The zero-order valence-corrected chi connectivity index (χ0v) is 12.3. The highest BCUT2D eigenvalue weighted by atomic mass is 79.9. The molecule has 0 unspecified atom stereocenters.